The number of anilines is 1. The van der Waals surface area contributed by atoms with Crippen molar-refractivity contribution >= 4 is 31.2 Å². The fraction of sp³-hybridized carbons (Fsp3) is 0.200. The molecule has 0 aliphatic carbocycles. The lowest BCUT2D eigenvalue weighted by atomic mass is 10.2. The summed E-state index contributed by atoms with van der Waals surface area (Å²) in [6.45, 7) is 1.45. The summed E-state index contributed by atoms with van der Waals surface area (Å²) in [5.74, 6) is -0.360. The fourth-order valence-electron chi connectivity index (χ4n) is 2.35. The highest BCUT2D eigenvalue weighted by Gasteiger charge is 2.28. The summed E-state index contributed by atoms with van der Waals surface area (Å²) < 4.78 is 50.7. The zero-order valence-electron chi connectivity index (χ0n) is 13.5. The van der Waals surface area contributed by atoms with Crippen LogP contribution >= 0.6 is 0 Å². The number of rotatable bonds is 6. The van der Waals surface area contributed by atoms with Crippen LogP contribution in [-0.4, -0.2) is 28.0 Å². The molecule has 0 radical (unpaired) electrons. The fourth-order valence-corrected chi connectivity index (χ4v) is 4.67. The van der Waals surface area contributed by atoms with E-state index in [-0.39, 0.29) is 22.6 Å². The number of hydrogen-bond donors (Lipinski definition) is 1. The van der Waals surface area contributed by atoms with Crippen LogP contribution in [-0.2, 0) is 25.6 Å². The average molecular weight is 384 g/mol. The van der Waals surface area contributed by atoms with Crippen molar-refractivity contribution in [2.75, 3.05) is 11.0 Å². The van der Waals surface area contributed by atoms with Gasteiger partial charge in [-0.2, -0.15) is 0 Å². The van der Waals surface area contributed by atoms with Gasteiger partial charge in [-0.25, -0.2) is 16.8 Å². The molecule has 10 heteroatoms. The van der Waals surface area contributed by atoms with E-state index in [1.165, 1.54) is 37.3 Å². The second-order valence-corrected chi connectivity index (χ2v) is 9.27. The molecule has 2 aromatic rings. The summed E-state index contributed by atoms with van der Waals surface area (Å²) in [7, 11) is -7.68. The quantitative estimate of drug-likeness (QED) is 0.602. The minimum absolute atomic E-state index is 0.0606. The number of nitrogens with zero attached hydrogens (tertiary/aromatic N) is 1. The van der Waals surface area contributed by atoms with Crippen molar-refractivity contribution in [1.29, 1.82) is 0 Å². The Morgan fingerprint density at radius 3 is 2.28 bits per heavy atom. The number of nitro benzene ring substituents is 1. The van der Waals surface area contributed by atoms with E-state index in [0.717, 1.165) is 12.3 Å². The van der Waals surface area contributed by atoms with Crippen molar-refractivity contribution in [1.82, 2.24) is 0 Å². The van der Waals surface area contributed by atoms with Crippen LogP contribution in [0.5, 0.6) is 0 Å². The number of sulfonamides is 1. The number of hydrogen-bond acceptors (Lipinski definition) is 6. The highest BCUT2D eigenvalue weighted by Crippen LogP contribution is 2.30. The van der Waals surface area contributed by atoms with Gasteiger partial charge in [0.2, 0.25) is 0 Å². The van der Waals surface area contributed by atoms with Gasteiger partial charge in [0.05, 0.1) is 16.4 Å². The Kier molecular flexibility index (Phi) is 5.14. The number of para-hydroxylation sites is 1. The molecule has 0 aromatic heterocycles. The molecule has 0 saturated heterocycles. The van der Waals surface area contributed by atoms with E-state index in [1.54, 1.807) is 6.07 Å². The smallest absolute Gasteiger partial charge is 0.279 e. The van der Waals surface area contributed by atoms with E-state index in [1.807, 2.05) is 0 Å². The predicted molar refractivity (Wildman–Crippen MR) is 93.6 cm³/mol. The molecule has 0 spiro atoms. The largest absolute Gasteiger partial charge is 0.290 e. The summed E-state index contributed by atoms with van der Waals surface area (Å²) in [5, 5.41) is 11.2. The van der Waals surface area contributed by atoms with Crippen LogP contribution < -0.4 is 4.72 Å². The summed E-state index contributed by atoms with van der Waals surface area (Å²) in [5.41, 5.74) is -0.0225. The molecule has 0 aliphatic heterocycles. The van der Waals surface area contributed by atoms with E-state index in [9.17, 15) is 26.9 Å². The Hall–Kier alpha value is -2.46. The summed E-state index contributed by atoms with van der Waals surface area (Å²) in [6, 6.07) is 9.94. The Labute approximate surface area is 145 Å². The molecule has 0 unspecified atom stereocenters. The monoisotopic (exact) mass is 384 g/mol. The van der Waals surface area contributed by atoms with Crippen molar-refractivity contribution < 1.29 is 21.8 Å². The first-order valence-electron chi connectivity index (χ1n) is 7.04. The van der Waals surface area contributed by atoms with Crippen molar-refractivity contribution in [3.05, 3.63) is 63.7 Å². The first-order valence-corrected chi connectivity index (χ1v) is 10.6. The van der Waals surface area contributed by atoms with E-state index < -0.39 is 35.4 Å². The highest BCUT2D eigenvalue weighted by atomic mass is 32.2. The lowest BCUT2D eigenvalue weighted by Crippen LogP contribution is -2.17. The first-order chi connectivity index (χ1) is 11.5. The van der Waals surface area contributed by atoms with Crippen LogP contribution in [0.4, 0.5) is 11.4 Å². The van der Waals surface area contributed by atoms with Gasteiger partial charge in [0.25, 0.3) is 15.7 Å². The van der Waals surface area contributed by atoms with Gasteiger partial charge in [0.1, 0.15) is 0 Å². The maximum Gasteiger partial charge on any atom is 0.290 e. The zero-order valence-corrected chi connectivity index (χ0v) is 15.1. The lowest BCUT2D eigenvalue weighted by Gasteiger charge is -2.13. The minimum Gasteiger partial charge on any atom is -0.279 e. The predicted octanol–water partition coefficient (Wildman–Crippen LogP) is 2.25. The third kappa shape index (κ3) is 4.54. The molecule has 0 atom stereocenters. The van der Waals surface area contributed by atoms with Gasteiger partial charge in [-0.05, 0) is 24.1 Å². The average Bonchev–Trinajstić information content (AvgIpc) is 2.47. The summed E-state index contributed by atoms with van der Waals surface area (Å²) in [6.07, 6.45) is 1.03. The van der Waals surface area contributed by atoms with Crippen LogP contribution in [0.2, 0.25) is 0 Å². The molecule has 0 amide bonds. The Morgan fingerprint density at radius 1 is 1.04 bits per heavy atom. The molecule has 0 bridgehead atoms. The summed E-state index contributed by atoms with van der Waals surface area (Å²) >= 11 is 0. The van der Waals surface area contributed by atoms with Crippen LogP contribution in [0.15, 0.2) is 47.4 Å². The van der Waals surface area contributed by atoms with Gasteiger partial charge >= 0.3 is 0 Å². The molecule has 134 valence electrons. The third-order valence-electron chi connectivity index (χ3n) is 3.34. The Balaban J connectivity index is 2.54. The topological polar surface area (TPSA) is 123 Å². The van der Waals surface area contributed by atoms with Crippen LogP contribution in [0.1, 0.15) is 11.1 Å². The molecule has 2 rings (SSSR count). The second kappa shape index (κ2) is 6.81. The number of aryl methyl sites for hydroxylation is 1. The molecular formula is C15H16N2O6S2. The highest BCUT2D eigenvalue weighted by molar-refractivity contribution is 7.93. The molecule has 2 aromatic carbocycles. The Bertz CT molecular complexity index is 1030. The van der Waals surface area contributed by atoms with E-state index in [2.05, 4.69) is 4.72 Å². The van der Waals surface area contributed by atoms with Gasteiger partial charge < -0.3 is 0 Å². The first kappa shape index (κ1) is 18.9. The molecule has 0 fully saturated rings. The number of sulfone groups is 1. The second-order valence-electron chi connectivity index (χ2n) is 5.51. The molecule has 0 heterocycles. The van der Waals surface area contributed by atoms with Crippen molar-refractivity contribution in [2.24, 2.45) is 0 Å². The Morgan fingerprint density at radius 2 is 1.68 bits per heavy atom. The summed E-state index contributed by atoms with van der Waals surface area (Å²) in [4.78, 5) is 9.94. The third-order valence-corrected chi connectivity index (χ3v) is 5.73. The zero-order chi connectivity index (χ0) is 18.8. The van der Waals surface area contributed by atoms with Gasteiger partial charge in [-0.15, -0.1) is 0 Å². The van der Waals surface area contributed by atoms with Crippen LogP contribution in [0, 0.1) is 17.0 Å². The number of nitro groups is 1. The van der Waals surface area contributed by atoms with E-state index in [4.69, 9.17) is 0 Å². The normalized spacial score (nSPS) is 11.9. The molecule has 0 saturated carbocycles. The number of benzene rings is 2. The van der Waals surface area contributed by atoms with Gasteiger partial charge in [-0.3, -0.25) is 14.8 Å². The molecule has 1 N–H and O–H groups in total. The van der Waals surface area contributed by atoms with Gasteiger partial charge in [-0.1, -0.05) is 30.3 Å². The van der Waals surface area contributed by atoms with Gasteiger partial charge in [0, 0.05) is 12.3 Å². The lowest BCUT2D eigenvalue weighted by molar-refractivity contribution is -0.387. The SMILES string of the molecule is Cc1cccc([N+](=O)[O-])c1S(=O)(=O)Nc1ccccc1CS(C)(=O)=O. The number of nitrogens with one attached hydrogen (secondary N) is 1. The molecule has 0 aliphatic rings. The van der Waals surface area contributed by atoms with Gasteiger partial charge in [0.15, 0.2) is 14.7 Å². The molecule has 8 nitrogen and oxygen atoms in total. The van der Waals surface area contributed by atoms with Crippen LogP contribution in [0.3, 0.4) is 0 Å². The van der Waals surface area contributed by atoms with E-state index >= 15 is 0 Å². The maximum absolute atomic E-state index is 12.7. The maximum atomic E-state index is 12.7. The standard InChI is InChI=1S/C15H16N2O6S2/c1-11-6-5-9-14(17(18)19)15(11)25(22,23)16-13-8-4-3-7-12(13)10-24(2,20)21/h3-9,16H,10H2,1-2H3. The molecular weight excluding hydrogens is 368 g/mol. The van der Waals surface area contributed by atoms with E-state index in [0.29, 0.717) is 0 Å². The van der Waals surface area contributed by atoms with Crippen molar-refractivity contribution in [3.8, 4) is 0 Å². The molecule has 25 heavy (non-hydrogen) atoms. The van der Waals surface area contributed by atoms with Crippen molar-refractivity contribution in [2.45, 2.75) is 17.6 Å². The van der Waals surface area contributed by atoms with Crippen LogP contribution in [0.25, 0.3) is 0 Å². The minimum atomic E-state index is -4.28. The van der Waals surface area contributed by atoms with Crippen molar-refractivity contribution in [3.63, 3.8) is 0 Å².